The summed E-state index contributed by atoms with van der Waals surface area (Å²) >= 11 is 0. The van der Waals surface area contributed by atoms with Crippen LogP contribution in [-0.2, 0) is 4.79 Å². The van der Waals surface area contributed by atoms with E-state index in [4.69, 9.17) is 5.11 Å². The lowest BCUT2D eigenvalue weighted by atomic mass is 9.99. The van der Waals surface area contributed by atoms with E-state index in [1.807, 2.05) is 0 Å². The highest BCUT2D eigenvalue weighted by Gasteiger charge is 2.39. The van der Waals surface area contributed by atoms with Gasteiger partial charge < -0.3 is 5.11 Å². The molecule has 3 heteroatoms. The minimum atomic E-state index is -0.663. The van der Waals surface area contributed by atoms with E-state index in [0.717, 1.165) is 5.92 Å². The molecule has 2 aliphatic rings. The van der Waals surface area contributed by atoms with Crippen molar-refractivity contribution in [1.29, 1.82) is 0 Å². The molecule has 3 nitrogen and oxygen atoms in total. The third kappa shape index (κ3) is 2.51. The first-order valence-corrected chi connectivity index (χ1v) is 6.20. The zero-order valence-corrected chi connectivity index (χ0v) is 9.48. The van der Waals surface area contributed by atoms with E-state index >= 15 is 0 Å². The molecule has 2 fully saturated rings. The van der Waals surface area contributed by atoms with Gasteiger partial charge in [-0.1, -0.05) is 19.8 Å². The van der Waals surface area contributed by atoms with Gasteiger partial charge in [-0.3, -0.25) is 9.69 Å². The minimum Gasteiger partial charge on any atom is -0.480 e. The Morgan fingerprint density at radius 3 is 2.60 bits per heavy atom. The third-order valence-corrected chi connectivity index (χ3v) is 3.90. The molecule has 0 aromatic heterocycles. The maximum atomic E-state index is 10.9. The number of nitrogens with zero attached hydrogens (tertiary/aromatic N) is 1. The van der Waals surface area contributed by atoms with E-state index in [1.165, 1.54) is 38.5 Å². The molecule has 15 heavy (non-hydrogen) atoms. The molecule has 2 unspecified atom stereocenters. The van der Waals surface area contributed by atoms with Gasteiger partial charge in [0, 0.05) is 12.1 Å². The second-order valence-electron chi connectivity index (χ2n) is 4.96. The Morgan fingerprint density at radius 2 is 2.07 bits per heavy atom. The summed E-state index contributed by atoms with van der Waals surface area (Å²) in [6, 6.07) is 1.14. The fourth-order valence-corrected chi connectivity index (χ4v) is 3.01. The molecular formula is C12H21NO2. The first kappa shape index (κ1) is 10.9. The first-order valence-electron chi connectivity index (χ1n) is 6.20. The predicted octanol–water partition coefficient (Wildman–Crippen LogP) is 2.11. The molecule has 0 radical (unpaired) electrons. The summed E-state index contributed by atoms with van der Waals surface area (Å²) in [4.78, 5) is 13.1. The number of hydrogen-bond acceptors (Lipinski definition) is 2. The van der Waals surface area contributed by atoms with Crippen LogP contribution in [0, 0.1) is 5.92 Å². The van der Waals surface area contributed by atoms with Gasteiger partial charge in [0.05, 0.1) is 6.54 Å². The van der Waals surface area contributed by atoms with Gasteiger partial charge in [0.2, 0.25) is 0 Å². The van der Waals surface area contributed by atoms with Crippen LogP contribution in [0.1, 0.15) is 45.4 Å². The van der Waals surface area contributed by atoms with Crippen molar-refractivity contribution < 1.29 is 9.90 Å². The Bertz CT molecular complexity index is 238. The van der Waals surface area contributed by atoms with E-state index in [9.17, 15) is 4.79 Å². The number of aliphatic carboxylic acids is 1. The van der Waals surface area contributed by atoms with Crippen molar-refractivity contribution in [3.63, 3.8) is 0 Å². The Hall–Kier alpha value is -0.570. The molecule has 0 spiro atoms. The fraction of sp³-hybridized carbons (Fsp3) is 0.917. The Balaban J connectivity index is 1.99. The largest absolute Gasteiger partial charge is 0.480 e. The van der Waals surface area contributed by atoms with Gasteiger partial charge in [0.25, 0.3) is 0 Å². The van der Waals surface area contributed by atoms with Gasteiger partial charge in [-0.25, -0.2) is 0 Å². The number of carboxylic acid groups (broad SMARTS) is 1. The van der Waals surface area contributed by atoms with Crippen molar-refractivity contribution in [2.75, 3.05) is 6.54 Å². The summed E-state index contributed by atoms with van der Waals surface area (Å²) in [5.41, 5.74) is 0. The van der Waals surface area contributed by atoms with Gasteiger partial charge in [0.1, 0.15) is 0 Å². The summed E-state index contributed by atoms with van der Waals surface area (Å²) in [5, 5.41) is 8.94. The minimum absolute atomic E-state index is 0.256. The van der Waals surface area contributed by atoms with Crippen molar-refractivity contribution in [1.82, 2.24) is 4.90 Å². The zero-order valence-electron chi connectivity index (χ0n) is 9.48. The van der Waals surface area contributed by atoms with Crippen LogP contribution in [0.15, 0.2) is 0 Å². The summed E-state index contributed by atoms with van der Waals surface area (Å²) in [6.45, 7) is 2.49. The van der Waals surface area contributed by atoms with Crippen LogP contribution >= 0.6 is 0 Å². The normalized spacial score (nSPS) is 31.1. The maximum absolute atomic E-state index is 10.9. The lowest BCUT2D eigenvalue weighted by Gasteiger charge is -2.31. The van der Waals surface area contributed by atoms with Crippen molar-refractivity contribution in [2.24, 2.45) is 5.92 Å². The maximum Gasteiger partial charge on any atom is 0.317 e. The van der Waals surface area contributed by atoms with Crippen LogP contribution in [0.25, 0.3) is 0 Å². The Kier molecular flexibility index (Phi) is 3.29. The van der Waals surface area contributed by atoms with Gasteiger partial charge in [0.15, 0.2) is 0 Å². The van der Waals surface area contributed by atoms with Gasteiger partial charge in [-0.05, 0) is 31.6 Å². The third-order valence-electron chi connectivity index (χ3n) is 3.90. The number of carboxylic acids is 1. The van der Waals surface area contributed by atoms with Crippen molar-refractivity contribution >= 4 is 5.97 Å². The summed E-state index contributed by atoms with van der Waals surface area (Å²) in [5.74, 6) is 0.0774. The second-order valence-corrected chi connectivity index (χ2v) is 4.96. The molecule has 0 bridgehead atoms. The lowest BCUT2D eigenvalue weighted by Crippen LogP contribution is -2.42. The molecule has 0 heterocycles. The molecule has 0 aromatic carbocycles. The first-order chi connectivity index (χ1) is 7.22. The molecule has 2 rings (SSSR count). The average molecular weight is 211 g/mol. The van der Waals surface area contributed by atoms with Crippen LogP contribution in [0.5, 0.6) is 0 Å². The highest BCUT2D eigenvalue weighted by molar-refractivity contribution is 5.69. The van der Waals surface area contributed by atoms with E-state index in [2.05, 4.69) is 11.8 Å². The molecule has 2 saturated carbocycles. The molecule has 0 saturated heterocycles. The second kappa shape index (κ2) is 4.52. The molecular weight excluding hydrogens is 190 g/mol. The standard InChI is InChI=1S/C12H21NO2/c1-2-9-4-3-5-11(9)13(8-12(14)15)10-6-7-10/h9-11H,2-8H2,1H3,(H,14,15). The quantitative estimate of drug-likeness (QED) is 0.757. The summed E-state index contributed by atoms with van der Waals surface area (Å²) in [6.07, 6.45) is 7.41. The molecule has 1 N–H and O–H groups in total. The van der Waals surface area contributed by atoms with E-state index in [-0.39, 0.29) is 6.54 Å². The molecule has 0 aliphatic heterocycles. The molecule has 86 valence electrons. The van der Waals surface area contributed by atoms with E-state index in [1.54, 1.807) is 0 Å². The van der Waals surface area contributed by atoms with Gasteiger partial charge in [-0.15, -0.1) is 0 Å². The molecule has 0 amide bonds. The monoisotopic (exact) mass is 211 g/mol. The SMILES string of the molecule is CCC1CCCC1N(CC(=O)O)C1CC1. The summed E-state index contributed by atoms with van der Waals surface area (Å²) in [7, 11) is 0. The zero-order chi connectivity index (χ0) is 10.8. The average Bonchev–Trinajstić information content (AvgIpc) is 2.92. The van der Waals surface area contributed by atoms with E-state index < -0.39 is 5.97 Å². The van der Waals surface area contributed by atoms with Crippen LogP contribution in [0.2, 0.25) is 0 Å². The molecule has 2 aliphatic carbocycles. The predicted molar refractivity (Wildman–Crippen MR) is 58.8 cm³/mol. The highest BCUT2D eigenvalue weighted by Crippen LogP contribution is 2.38. The highest BCUT2D eigenvalue weighted by atomic mass is 16.4. The Labute approximate surface area is 91.5 Å². The number of hydrogen-bond donors (Lipinski definition) is 1. The van der Waals surface area contributed by atoms with E-state index in [0.29, 0.717) is 12.1 Å². The summed E-state index contributed by atoms with van der Waals surface area (Å²) < 4.78 is 0. The Morgan fingerprint density at radius 1 is 1.33 bits per heavy atom. The topological polar surface area (TPSA) is 40.5 Å². The van der Waals surface area contributed by atoms with Crippen LogP contribution in [-0.4, -0.2) is 34.6 Å². The van der Waals surface area contributed by atoms with Crippen LogP contribution < -0.4 is 0 Å². The van der Waals surface area contributed by atoms with Crippen LogP contribution in [0.4, 0.5) is 0 Å². The number of rotatable bonds is 5. The van der Waals surface area contributed by atoms with Crippen LogP contribution in [0.3, 0.4) is 0 Å². The van der Waals surface area contributed by atoms with Crippen molar-refractivity contribution in [3.05, 3.63) is 0 Å². The molecule has 0 aromatic rings. The smallest absolute Gasteiger partial charge is 0.317 e. The molecule has 2 atom stereocenters. The van der Waals surface area contributed by atoms with Gasteiger partial charge in [-0.2, -0.15) is 0 Å². The van der Waals surface area contributed by atoms with Crippen molar-refractivity contribution in [3.8, 4) is 0 Å². The number of carbonyl (C=O) groups is 1. The fourth-order valence-electron chi connectivity index (χ4n) is 3.01. The van der Waals surface area contributed by atoms with Crippen molar-refractivity contribution in [2.45, 2.75) is 57.5 Å². The van der Waals surface area contributed by atoms with Gasteiger partial charge >= 0.3 is 5.97 Å². The lowest BCUT2D eigenvalue weighted by molar-refractivity contribution is -0.139.